The largest absolute Gasteiger partial charge is 0.486 e. The normalized spacial score (nSPS) is 15.2. The number of para-hydroxylation sites is 2. The highest BCUT2D eigenvalue weighted by atomic mass is 16.6. The zero-order chi connectivity index (χ0) is 18.5. The van der Waals surface area contributed by atoms with Crippen molar-refractivity contribution in [1.29, 1.82) is 0 Å². The zero-order valence-electron chi connectivity index (χ0n) is 14.9. The average molecular weight is 354 g/mol. The van der Waals surface area contributed by atoms with E-state index in [1.54, 1.807) is 12.1 Å². The van der Waals surface area contributed by atoms with Crippen LogP contribution in [0.3, 0.4) is 0 Å². The van der Waals surface area contributed by atoms with Crippen molar-refractivity contribution in [2.45, 2.75) is 32.8 Å². The molecule has 2 aromatic rings. The number of anilines is 2. The highest BCUT2D eigenvalue weighted by Gasteiger charge is 2.21. The van der Waals surface area contributed by atoms with Gasteiger partial charge in [0.2, 0.25) is 11.8 Å². The van der Waals surface area contributed by atoms with Gasteiger partial charge in [-0.2, -0.15) is 0 Å². The second-order valence-corrected chi connectivity index (χ2v) is 6.30. The highest BCUT2D eigenvalue weighted by molar-refractivity contribution is 5.92. The van der Waals surface area contributed by atoms with Crippen LogP contribution in [0, 0.1) is 6.92 Å². The van der Waals surface area contributed by atoms with Gasteiger partial charge < -0.3 is 20.1 Å². The van der Waals surface area contributed by atoms with Crippen LogP contribution in [0.4, 0.5) is 11.4 Å². The number of carbonyl (C=O) groups is 2. The molecular formula is C20H22N2O4. The first-order chi connectivity index (χ1) is 12.5. The summed E-state index contributed by atoms with van der Waals surface area (Å²) in [4.78, 5) is 23.3. The van der Waals surface area contributed by atoms with Crippen molar-refractivity contribution in [3.63, 3.8) is 0 Å². The summed E-state index contributed by atoms with van der Waals surface area (Å²) in [6.45, 7) is 3.78. The molecule has 26 heavy (non-hydrogen) atoms. The Morgan fingerprint density at radius 2 is 1.88 bits per heavy atom. The Hall–Kier alpha value is -3.02. The minimum absolute atomic E-state index is 0.0841. The lowest BCUT2D eigenvalue weighted by molar-refractivity contribution is -0.117. The van der Waals surface area contributed by atoms with Crippen molar-refractivity contribution in [2.24, 2.45) is 0 Å². The van der Waals surface area contributed by atoms with Gasteiger partial charge in [-0.3, -0.25) is 9.59 Å². The maximum absolute atomic E-state index is 12.2. The number of amides is 2. The molecule has 136 valence electrons. The van der Waals surface area contributed by atoms with Crippen LogP contribution < -0.4 is 20.1 Å². The number of ether oxygens (including phenoxy) is 2. The third-order valence-electron chi connectivity index (χ3n) is 4.08. The minimum Gasteiger partial charge on any atom is -0.486 e. The molecule has 2 aromatic carbocycles. The van der Waals surface area contributed by atoms with E-state index in [0.717, 1.165) is 17.0 Å². The first-order valence-electron chi connectivity index (χ1n) is 8.58. The second-order valence-electron chi connectivity index (χ2n) is 6.30. The Labute approximate surface area is 152 Å². The van der Waals surface area contributed by atoms with Gasteiger partial charge in [0.25, 0.3) is 0 Å². The topological polar surface area (TPSA) is 76.7 Å². The number of benzene rings is 2. The van der Waals surface area contributed by atoms with Gasteiger partial charge in [-0.1, -0.05) is 12.1 Å². The van der Waals surface area contributed by atoms with E-state index >= 15 is 0 Å². The molecule has 6 heteroatoms. The van der Waals surface area contributed by atoms with E-state index in [9.17, 15) is 9.59 Å². The average Bonchev–Trinajstić information content (AvgIpc) is 2.62. The molecule has 0 saturated heterocycles. The monoisotopic (exact) mass is 354 g/mol. The Kier molecular flexibility index (Phi) is 5.41. The fourth-order valence-electron chi connectivity index (χ4n) is 2.79. The number of aryl methyl sites for hydroxylation is 1. The quantitative estimate of drug-likeness (QED) is 0.861. The first kappa shape index (κ1) is 17.8. The SMILES string of the molecule is CC(=O)Nc1ccc(NC(=O)CC[C@@H]2COc3ccccc3O2)cc1C. The summed E-state index contributed by atoms with van der Waals surface area (Å²) in [5.74, 6) is 1.25. The van der Waals surface area contributed by atoms with Crippen LogP contribution in [0.2, 0.25) is 0 Å². The van der Waals surface area contributed by atoms with Crippen molar-refractivity contribution in [1.82, 2.24) is 0 Å². The number of hydrogen-bond acceptors (Lipinski definition) is 4. The fourth-order valence-corrected chi connectivity index (χ4v) is 2.79. The highest BCUT2D eigenvalue weighted by Crippen LogP contribution is 2.31. The summed E-state index contributed by atoms with van der Waals surface area (Å²) in [5.41, 5.74) is 2.33. The van der Waals surface area contributed by atoms with E-state index in [0.29, 0.717) is 30.9 Å². The molecule has 0 saturated carbocycles. The molecule has 2 N–H and O–H groups in total. The molecule has 6 nitrogen and oxygen atoms in total. The van der Waals surface area contributed by atoms with Crippen LogP contribution in [0.5, 0.6) is 11.5 Å². The van der Waals surface area contributed by atoms with Crippen molar-refractivity contribution in [3.8, 4) is 11.5 Å². The molecule has 0 aromatic heterocycles. The Bertz CT molecular complexity index is 819. The van der Waals surface area contributed by atoms with Gasteiger partial charge in [0.1, 0.15) is 12.7 Å². The second kappa shape index (κ2) is 7.91. The van der Waals surface area contributed by atoms with Crippen LogP contribution in [0.15, 0.2) is 42.5 Å². The van der Waals surface area contributed by atoms with Crippen molar-refractivity contribution >= 4 is 23.2 Å². The number of hydrogen-bond donors (Lipinski definition) is 2. The van der Waals surface area contributed by atoms with Gasteiger partial charge >= 0.3 is 0 Å². The van der Waals surface area contributed by atoms with E-state index in [4.69, 9.17) is 9.47 Å². The molecule has 1 atom stereocenters. The maximum Gasteiger partial charge on any atom is 0.224 e. The summed E-state index contributed by atoms with van der Waals surface area (Å²) in [7, 11) is 0. The van der Waals surface area contributed by atoms with Crippen LogP contribution >= 0.6 is 0 Å². The Morgan fingerprint density at radius 3 is 2.62 bits per heavy atom. The van der Waals surface area contributed by atoms with Crippen molar-refractivity contribution in [2.75, 3.05) is 17.2 Å². The molecule has 0 aliphatic carbocycles. The zero-order valence-corrected chi connectivity index (χ0v) is 14.9. The lowest BCUT2D eigenvalue weighted by Gasteiger charge is -2.26. The molecule has 0 spiro atoms. The Balaban J connectivity index is 1.50. The maximum atomic E-state index is 12.2. The molecule has 3 rings (SSSR count). The lowest BCUT2D eigenvalue weighted by Crippen LogP contribution is -2.30. The first-order valence-corrected chi connectivity index (χ1v) is 8.58. The molecule has 2 amide bonds. The van der Waals surface area contributed by atoms with E-state index in [1.165, 1.54) is 6.92 Å². The molecule has 0 radical (unpaired) electrons. The predicted octanol–water partition coefficient (Wildman–Crippen LogP) is 3.51. The van der Waals surface area contributed by atoms with Crippen LogP contribution in [-0.2, 0) is 9.59 Å². The van der Waals surface area contributed by atoms with Gasteiger partial charge in [0.05, 0.1) is 0 Å². The third kappa shape index (κ3) is 4.53. The Morgan fingerprint density at radius 1 is 1.12 bits per heavy atom. The van der Waals surface area contributed by atoms with E-state index in [2.05, 4.69) is 10.6 Å². The van der Waals surface area contributed by atoms with Crippen LogP contribution in [0.25, 0.3) is 0 Å². The minimum atomic E-state index is -0.139. The smallest absolute Gasteiger partial charge is 0.224 e. The molecule has 0 fully saturated rings. The molecular weight excluding hydrogens is 332 g/mol. The number of fused-ring (bicyclic) bond motifs is 1. The summed E-state index contributed by atoms with van der Waals surface area (Å²) >= 11 is 0. The number of carbonyl (C=O) groups excluding carboxylic acids is 2. The molecule has 1 heterocycles. The van der Waals surface area contributed by atoms with E-state index < -0.39 is 0 Å². The molecule has 0 unspecified atom stereocenters. The standard InChI is InChI=1S/C20H22N2O4/c1-13-11-15(7-9-17(13)21-14(2)23)22-20(24)10-8-16-12-25-18-5-3-4-6-19(18)26-16/h3-7,9,11,16H,8,10,12H2,1-2H3,(H,21,23)(H,22,24)/t16-/m1/s1. The summed E-state index contributed by atoms with van der Waals surface area (Å²) in [6.07, 6.45) is 0.769. The van der Waals surface area contributed by atoms with E-state index in [-0.39, 0.29) is 17.9 Å². The predicted molar refractivity (Wildman–Crippen MR) is 99.7 cm³/mol. The molecule has 1 aliphatic rings. The lowest BCUT2D eigenvalue weighted by atomic mass is 10.1. The molecule has 0 bridgehead atoms. The van der Waals surface area contributed by atoms with Crippen molar-refractivity contribution < 1.29 is 19.1 Å². The number of rotatable bonds is 5. The van der Waals surface area contributed by atoms with Gasteiger partial charge in [0, 0.05) is 24.7 Å². The van der Waals surface area contributed by atoms with Gasteiger partial charge in [0.15, 0.2) is 11.5 Å². The third-order valence-corrected chi connectivity index (χ3v) is 4.08. The summed E-state index contributed by atoms with van der Waals surface area (Å²) < 4.78 is 11.5. The molecule has 1 aliphatic heterocycles. The summed E-state index contributed by atoms with van der Waals surface area (Å²) in [6, 6.07) is 12.9. The van der Waals surface area contributed by atoms with Crippen molar-refractivity contribution in [3.05, 3.63) is 48.0 Å². The fraction of sp³-hybridized carbons (Fsp3) is 0.300. The van der Waals surface area contributed by atoms with Gasteiger partial charge in [-0.05, 0) is 49.2 Å². The van der Waals surface area contributed by atoms with Crippen LogP contribution in [-0.4, -0.2) is 24.5 Å². The van der Waals surface area contributed by atoms with Crippen LogP contribution in [0.1, 0.15) is 25.3 Å². The van der Waals surface area contributed by atoms with Gasteiger partial charge in [-0.25, -0.2) is 0 Å². The van der Waals surface area contributed by atoms with Gasteiger partial charge in [-0.15, -0.1) is 0 Å². The number of nitrogens with one attached hydrogen (secondary N) is 2. The summed E-state index contributed by atoms with van der Waals surface area (Å²) in [5, 5.41) is 5.62. The van der Waals surface area contributed by atoms with E-state index in [1.807, 2.05) is 37.3 Å².